The lowest BCUT2D eigenvalue weighted by molar-refractivity contribution is -0.142. The molecule has 2 rings (SSSR count). The van der Waals surface area contributed by atoms with Gasteiger partial charge in [0.1, 0.15) is 13.2 Å². The van der Waals surface area contributed by atoms with Crippen molar-refractivity contribution in [3.63, 3.8) is 0 Å². The van der Waals surface area contributed by atoms with E-state index in [0.29, 0.717) is 19.6 Å². The Kier molecular flexibility index (Phi) is 7.82. The average Bonchev–Trinajstić information content (AvgIpc) is 3.06. The summed E-state index contributed by atoms with van der Waals surface area (Å²) >= 11 is 0. The minimum Gasteiger partial charge on any atom is -0.375 e. The van der Waals surface area contributed by atoms with Gasteiger partial charge in [-0.15, -0.1) is 6.58 Å². The summed E-state index contributed by atoms with van der Waals surface area (Å²) in [7, 11) is 3.41. The van der Waals surface area contributed by atoms with Gasteiger partial charge < -0.3 is 19.1 Å². The Balaban J connectivity index is 2.17. The maximum absolute atomic E-state index is 13.0. The number of carbonyl (C=O) groups is 2. The van der Waals surface area contributed by atoms with Crippen LogP contribution in [0.5, 0.6) is 0 Å². The molecule has 0 fully saturated rings. The molecule has 1 aromatic heterocycles. The molecule has 6 heteroatoms. The molecule has 144 valence electrons. The molecule has 0 saturated carbocycles. The second-order valence-corrected chi connectivity index (χ2v) is 6.34. The van der Waals surface area contributed by atoms with E-state index in [1.165, 1.54) is 12.0 Å². The zero-order chi connectivity index (χ0) is 19.6. The molecule has 0 aliphatic heterocycles. The Labute approximate surface area is 160 Å². The monoisotopic (exact) mass is 369 g/mol. The number of benzene rings is 1. The van der Waals surface area contributed by atoms with Crippen LogP contribution in [0.15, 0.2) is 61.3 Å². The van der Waals surface area contributed by atoms with Crippen molar-refractivity contribution in [2.45, 2.75) is 13.1 Å². The highest BCUT2D eigenvalue weighted by atomic mass is 16.5. The number of aryl methyl sites for hydroxylation is 1. The van der Waals surface area contributed by atoms with Crippen LogP contribution in [0.4, 0.5) is 0 Å². The van der Waals surface area contributed by atoms with E-state index in [9.17, 15) is 9.59 Å². The first-order valence-electron chi connectivity index (χ1n) is 8.84. The van der Waals surface area contributed by atoms with Gasteiger partial charge in [0.05, 0.1) is 6.54 Å². The molecule has 1 aromatic carbocycles. The molecule has 2 amide bonds. The minimum atomic E-state index is -0.232. The first-order valence-corrected chi connectivity index (χ1v) is 8.84. The second kappa shape index (κ2) is 10.3. The van der Waals surface area contributed by atoms with Crippen molar-refractivity contribution in [1.29, 1.82) is 0 Å². The molecule has 6 nitrogen and oxygen atoms in total. The summed E-state index contributed by atoms with van der Waals surface area (Å²) in [5.74, 6) is -0.351. The van der Waals surface area contributed by atoms with Crippen molar-refractivity contribution in [3.05, 3.63) is 72.6 Å². The van der Waals surface area contributed by atoms with Crippen LogP contribution in [0.1, 0.15) is 11.3 Å². The minimum absolute atomic E-state index is 0.00846. The number of nitrogens with zero attached hydrogens (tertiary/aromatic N) is 3. The van der Waals surface area contributed by atoms with Gasteiger partial charge in [0.15, 0.2) is 0 Å². The standard InChI is InChI=1S/C21H27N3O3/c1-4-12-23(21(26)17-27-3)16-20(25)24(14-18-9-6-5-7-10-18)15-19-11-8-13-22(19)2/h4-11,13H,1,12,14-17H2,2-3H3. The largest absolute Gasteiger partial charge is 0.375 e. The predicted octanol–water partition coefficient (Wildman–Crippen LogP) is 2.21. The highest BCUT2D eigenvalue weighted by Gasteiger charge is 2.21. The normalized spacial score (nSPS) is 10.4. The van der Waals surface area contributed by atoms with Gasteiger partial charge in [-0.1, -0.05) is 36.4 Å². The van der Waals surface area contributed by atoms with Gasteiger partial charge in [0, 0.05) is 39.1 Å². The van der Waals surface area contributed by atoms with Crippen molar-refractivity contribution in [3.8, 4) is 0 Å². The maximum Gasteiger partial charge on any atom is 0.249 e. The van der Waals surface area contributed by atoms with Gasteiger partial charge in [0.2, 0.25) is 11.8 Å². The quantitative estimate of drug-likeness (QED) is 0.604. The van der Waals surface area contributed by atoms with Crippen molar-refractivity contribution in [1.82, 2.24) is 14.4 Å². The highest BCUT2D eigenvalue weighted by Crippen LogP contribution is 2.11. The molecule has 0 unspecified atom stereocenters. The number of hydrogen-bond acceptors (Lipinski definition) is 3. The van der Waals surface area contributed by atoms with Crippen molar-refractivity contribution < 1.29 is 14.3 Å². The Morgan fingerprint density at radius 3 is 2.41 bits per heavy atom. The Morgan fingerprint density at radius 2 is 1.81 bits per heavy atom. The van der Waals surface area contributed by atoms with Gasteiger partial charge in [0.25, 0.3) is 0 Å². The molecule has 0 atom stereocenters. The number of rotatable bonds is 10. The van der Waals surface area contributed by atoms with Gasteiger partial charge in [-0.05, 0) is 17.7 Å². The molecular formula is C21H27N3O3. The molecule has 0 aliphatic rings. The molecule has 1 heterocycles. The molecular weight excluding hydrogens is 342 g/mol. The summed E-state index contributed by atoms with van der Waals surface area (Å²) in [4.78, 5) is 28.5. The van der Waals surface area contributed by atoms with Crippen molar-refractivity contribution in [2.75, 3.05) is 26.8 Å². The van der Waals surface area contributed by atoms with Crippen molar-refractivity contribution in [2.24, 2.45) is 7.05 Å². The number of carbonyl (C=O) groups excluding carboxylic acids is 2. The van der Waals surface area contributed by atoms with E-state index in [-0.39, 0.29) is 25.0 Å². The third-order valence-electron chi connectivity index (χ3n) is 4.27. The van der Waals surface area contributed by atoms with E-state index >= 15 is 0 Å². The maximum atomic E-state index is 13.0. The van der Waals surface area contributed by atoms with E-state index in [2.05, 4.69) is 6.58 Å². The molecule has 27 heavy (non-hydrogen) atoms. The fraction of sp³-hybridized carbons (Fsp3) is 0.333. The fourth-order valence-corrected chi connectivity index (χ4v) is 2.78. The fourth-order valence-electron chi connectivity index (χ4n) is 2.78. The number of aromatic nitrogens is 1. The zero-order valence-electron chi connectivity index (χ0n) is 16.0. The second-order valence-electron chi connectivity index (χ2n) is 6.34. The zero-order valence-corrected chi connectivity index (χ0v) is 16.0. The summed E-state index contributed by atoms with van der Waals surface area (Å²) in [5, 5.41) is 0. The lowest BCUT2D eigenvalue weighted by Crippen LogP contribution is -2.43. The van der Waals surface area contributed by atoms with E-state index in [1.807, 2.05) is 60.3 Å². The number of ether oxygens (including phenoxy) is 1. The molecule has 0 saturated heterocycles. The van der Waals surface area contributed by atoms with Crippen LogP contribution in [-0.4, -0.2) is 53.0 Å². The van der Waals surface area contributed by atoms with Crippen LogP contribution in [0.2, 0.25) is 0 Å². The number of methoxy groups -OCH3 is 1. The smallest absolute Gasteiger partial charge is 0.249 e. The van der Waals surface area contributed by atoms with Crippen LogP contribution in [0.25, 0.3) is 0 Å². The Bertz CT molecular complexity index is 755. The molecule has 0 bridgehead atoms. The third-order valence-corrected chi connectivity index (χ3v) is 4.27. The lowest BCUT2D eigenvalue weighted by atomic mass is 10.2. The molecule has 0 spiro atoms. The SMILES string of the molecule is C=CCN(CC(=O)N(Cc1ccccc1)Cc1cccn1C)C(=O)COC. The van der Waals surface area contributed by atoms with Crippen molar-refractivity contribution >= 4 is 11.8 Å². The summed E-state index contributed by atoms with van der Waals surface area (Å²) in [6.45, 7) is 4.86. The summed E-state index contributed by atoms with van der Waals surface area (Å²) in [6.07, 6.45) is 3.56. The van der Waals surface area contributed by atoms with Gasteiger partial charge in [-0.25, -0.2) is 0 Å². The van der Waals surface area contributed by atoms with E-state index < -0.39 is 0 Å². The number of amides is 2. The van der Waals surface area contributed by atoms with E-state index in [1.54, 1.807) is 11.0 Å². The topological polar surface area (TPSA) is 54.8 Å². The van der Waals surface area contributed by atoms with Crippen LogP contribution < -0.4 is 0 Å². The van der Waals surface area contributed by atoms with Gasteiger partial charge in [-0.3, -0.25) is 9.59 Å². The lowest BCUT2D eigenvalue weighted by Gasteiger charge is -2.27. The highest BCUT2D eigenvalue weighted by molar-refractivity contribution is 5.85. The van der Waals surface area contributed by atoms with Crippen LogP contribution in [0, 0.1) is 0 Å². The number of hydrogen-bond donors (Lipinski definition) is 0. The molecule has 0 aliphatic carbocycles. The molecule has 0 radical (unpaired) electrons. The van der Waals surface area contributed by atoms with Gasteiger partial charge >= 0.3 is 0 Å². The van der Waals surface area contributed by atoms with Crippen LogP contribution in [-0.2, 0) is 34.5 Å². The predicted molar refractivity (Wildman–Crippen MR) is 105 cm³/mol. The Morgan fingerprint density at radius 1 is 1.07 bits per heavy atom. The summed E-state index contributed by atoms with van der Waals surface area (Å²) < 4.78 is 6.90. The van der Waals surface area contributed by atoms with Crippen LogP contribution in [0.3, 0.4) is 0 Å². The van der Waals surface area contributed by atoms with E-state index in [4.69, 9.17) is 4.74 Å². The summed E-state index contributed by atoms with van der Waals surface area (Å²) in [6, 6.07) is 13.8. The molecule has 2 aromatic rings. The van der Waals surface area contributed by atoms with Gasteiger partial charge in [-0.2, -0.15) is 0 Å². The first-order chi connectivity index (χ1) is 13.0. The summed E-state index contributed by atoms with van der Waals surface area (Å²) in [5.41, 5.74) is 2.07. The Hall–Kier alpha value is -2.86. The average molecular weight is 369 g/mol. The van der Waals surface area contributed by atoms with Crippen LogP contribution >= 0.6 is 0 Å². The molecule has 0 N–H and O–H groups in total. The third kappa shape index (κ3) is 6.11. The van der Waals surface area contributed by atoms with E-state index in [0.717, 1.165) is 11.3 Å². The first kappa shape index (κ1) is 20.5.